The van der Waals surface area contributed by atoms with Crippen molar-refractivity contribution < 1.29 is 55.1 Å². The Bertz CT molecular complexity index is 11.6. The summed E-state index contributed by atoms with van der Waals surface area (Å²) in [5, 5.41) is 0. The van der Waals surface area contributed by atoms with Crippen molar-refractivity contribution in [2.75, 3.05) is 0 Å². The molecule has 0 aromatic carbocycles. The van der Waals surface area contributed by atoms with Crippen LogP contribution in [0.2, 0.25) is 0 Å². The van der Waals surface area contributed by atoms with Crippen LogP contribution in [-0.4, -0.2) is 68.5 Å². The molecule has 5 heteroatoms. The molecule has 5 heavy (non-hydrogen) atoms. The van der Waals surface area contributed by atoms with Crippen LogP contribution in [0.5, 0.6) is 0 Å². The molecule has 0 heterocycles. The summed E-state index contributed by atoms with van der Waals surface area (Å²) in [6.07, 6.45) is 0. The molecule has 0 amide bonds. The molecule has 5 radical (unpaired) electrons. The maximum atomic E-state index is 7.94. The second-order valence-electron chi connectivity index (χ2n) is 0. The summed E-state index contributed by atoms with van der Waals surface area (Å²) >= 11 is 2.31. The van der Waals surface area contributed by atoms with Gasteiger partial charge < -0.3 is 0 Å². The molecule has 0 rings (SSSR count). The van der Waals surface area contributed by atoms with Crippen LogP contribution in [0, 0.1) is 35.6 Å². The third kappa shape index (κ3) is 18.2. The summed E-state index contributed by atoms with van der Waals surface area (Å²) in [4.78, 5) is 0. The van der Waals surface area contributed by atoms with E-state index in [2.05, 4.69) is 15.7 Å². The van der Waals surface area contributed by atoms with Crippen molar-refractivity contribution in [3.8, 4) is 0 Å². The molecule has 22 valence electrons. The fraction of sp³-hybridized carbons (Fsp3) is 0. The van der Waals surface area contributed by atoms with Crippen molar-refractivity contribution in [3.05, 3.63) is 0 Å². The standard InChI is InChI=1S/Co.La.Mg.O.Sr. The molecule has 1 nitrogen and oxygen atoms in total. The van der Waals surface area contributed by atoms with E-state index in [1.807, 2.05) is 0 Å². The molecule has 0 aliphatic heterocycles. The van der Waals surface area contributed by atoms with Gasteiger partial charge in [0.05, 0.1) is 0 Å². The second-order valence-corrected chi connectivity index (χ2v) is 0. The van der Waals surface area contributed by atoms with Crippen molar-refractivity contribution in [1.82, 2.24) is 0 Å². The Labute approximate surface area is 120 Å². The van der Waals surface area contributed by atoms with Crippen LogP contribution in [0.3, 0.4) is 0 Å². The van der Waals surface area contributed by atoms with Crippen LogP contribution in [0.1, 0.15) is 0 Å². The van der Waals surface area contributed by atoms with Crippen molar-refractivity contribution in [2.24, 2.45) is 0 Å². The normalized spacial score (nSPS) is 1.00. The summed E-state index contributed by atoms with van der Waals surface area (Å²) in [6.45, 7) is 0. The van der Waals surface area contributed by atoms with Gasteiger partial charge in [-0.15, -0.1) is 0 Å². The van der Waals surface area contributed by atoms with Gasteiger partial charge in [0.2, 0.25) is 0 Å². The van der Waals surface area contributed by atoms with Crippen molar-refractivity contribution in [3.63, 3.8) is 0 Å². The Hall–Kier alpha value is 3.75. The third-order valence-corrected chi connectivity index (χ3v) is 0. The molecule has 0 aliphatic carbocycles. The topological polar surface area (TPSA) is 17.1 Å². The predicted molar refractivity (Wildman–Crippen MR) is 12.2 cm³/mol. The van der Waals surface area contributed by atoms with Crippen LogP contribution in [0.25, 0.3) is 0 Å². The summed E-state index contributed by atoms with van der Waals surface area (Å²) in [5.41, 5.74) is 0. The fourth-order valence-corrected chi connectivity index (χ4v) is 0. The maximum Gasteiger partial charge on any atom is 0 e. The van der Waals surface area contributed by atoms with E-state index >= 15 is 0 Å². The van der Waals surface area contributed by atoms with Crippen molar-refractivity contribution >= 4 is 68.5 Å². The summed E-state index contributed by atoms with van der Waals surface area (Å²) < 4.78 is 7.94. The molecule has 0 fully saturated rings. The summed E-state index contributed by atoms with van der Waals surface area (Å²) in [7, 11) is 0. The van der Waals surface area contributed by atoms with Crippen LogP contribution in [-0.2, 0) is 19.5 Å². The number of hydrogen-bond acceptors (Lipinski definition) is 1. The van der Waals surface area contributed by atoms with Crippen LogP contribution in [0.4, 0.5) is 0 Å². The largest absolute Gasteiger partial charge is 0 e. The van der Waals surface area contributed by atoms with Crippen LogP contribution < -0.4 is 0 Å². The SMILES string of the molecule is [La].[Mg].[O]=[Co].[Sr]. The van der Waals surface area contributed by atoms with Crippen molar-refractivity contribution in [2.45, 2.75) is 0 Å². The molecule has 0 aromatic heterocycles. The monoisotopic (exact) mass is 326 g/mol. The molecule has 0 atom stereocenters. The van der Waals surface area contributed by atoms with Gasteiger partial charge in [0.15, 0.2) is 0 Å². The molecule has 0 aliphatic rings. The van der Waals surface area contributed by atoms with Gasteiger partial charge >= 0.3 is 19.5 Å². The van der Waals surface area contributed by atoms with Gasteiger partial charge in [0, 0.05) is 104 Å². The smallest absolute Gasteiger partial charge is 0 e. The van der Waals surface area contributed by atoms with Gasteiger partial charge in [0.1, 0.15) is 0 Å². The molecule has 0 saturated carbocycles. The zero-order valence-electron chi connectivity index (χ0n) is 2.73. The average molecular weight is 326 g/mol. The molecule has 0 unspecified atom stereocenters. The first kappa shape index (κ1) is 23.3. The molecular formula is CoLaMgOSr. The van der Waals surface area contributed by atoms with E-state index in [1.54, 1.807) is 0 Å². The van der Waals surface area contributed by atoms with E-state index in [0.29, 0.717) is 0 Å². The Morgan fingerprint density at radius 1 is 1.20 bits per heavy atom. The minimum absolute atomic E-state index is 0. The molecular weight excluding hydrogens is 326 g/mol. The van der Waals surface area contributed by atoms with Gasteiger partial charge in [0.25, 0.3) is 0 Å². The Balaban J connectivity index is -0.00000000167. The summed E-state index contributed by atoms with van der Waals surface area (Å²) in [6, 6.07) is 0. The van der Waals surface area contributed by atoms with E-state index in [4.69, 9.17) is 3.87 Å². The second kappa shape index (κ2) is 25.1. The Morgan fingerprint density at radius 3 is 1.20 bits per heavy atom. The third-order valence-electron chi connectivity index (χ3n) is 0. The Morgan fingerprint density at radius 2 is 1.20 bits per heavy atom. The van der Waals surface area contributed by atoms with E-state index in [0.717, 1.165) is 0 Å². The molecule has 0 spiro atoms. The van der Waals surface area contributed by atoms with Gasteiger partial charge in [-0.05, 0) is 0 Å². The molecule has 0 saturated heterocycles. The zero-order chi connectivity index (χ0) is 2.00. The predicted octanol–water partition coefficient (Wildman–Crippen LogP) is -0.883. The quantitative estimate of drug-likeness (QED) is 0.529. The molecule has 0 aromatic rings. The van der Waals surface area contributed by atoms with Crippen molar-refractivity contribution in [1.29, 1.82) is 0 Å². The van der Waals surface area contributed by atoms with Gasteiger partial charge in [-0.25, -0.2) is 0 Å². The van der Waals surface area contributed by atoms with Gasteiger partial charge in [-0.2, -0.15) is 0 Å². The number of rotatable bonds is 0. The minimum Gasteiger partial charge on any atom is 0 e. The van der Waals surface area contributed by atoms with E-state index in [9.17, 15) is 0 Å². The van der Waals surface area contributed by atoms with E-state index in [-0.39, 0.29) is 104 Å². The summed E-state index contributed by atoms with van der Waals surface area (Å²) in [5.74, 6) is 0. The first-order chi connectivity index (χ1) is 1.00. The first-order valence-electron chi connectivity index (χ1n) is 0.136. The van der Waals surface area contributed by atoms with E-state index in [1.165, 1.54) is 0 Å². The van der Waals surface area contributed by atoms with Gasteiger partial charge in [-0.1, -0.05) is 0 Å². The van der Waals surface area contributed by atoms with E-state index < -0.39 is 0 Å². The molecule has 0 bridgehead atoms. The maximum absolute atomic E-state index is 7.94. The van der Waals surface area contributed by atoms with Crippen LogP contribution >= 0.6 is 0 Å². The first-order valence-corrected chi connectivity index (χ1v) is 0.561. The zero-order valence-corrected chi connectivity index (χ0v) is 12.3. The number of hydrogen-bond donors (Lipinski definition) is 0. The minimum atomic E-state index is 0. The molecule has 0 N–H and O–H groups in total. The van der Waals surface area contributed by atoms with Gasteiger partial charge in [-0.3, -0.25) is 0 Å². The fourth-order valence-electron chi connectivity index (χ4n) is 0. The average Bonchev–Trinajstić information content (AvgIpc) is 1.00. The Kier molecular flexibility index (Phi) is 117. The van der Waals surface area contributed by atoms with Crippen LogP contribution in [0.15, 0.2) is 0 Å².